The number of nitrogens with zero attached hydrogens (tertiary/aromatic N) is 2. The molecule has 1 fully saturated rings. The fourth-order valence-electron chi connectivity index (χ4n) is 2.16. The van der Waals surface area contributed by atoms with E-state index in [1.807, 2.05) is 6.20 Å². The Morgan fingerprint density at radius 1 is 1.43 bits per heavy atom. The number of hydrogen-bond acceptors (Lipinski definition) is 2. The minimum atomic E-state index is 0.656. The lowest BCUT2D eigenvalue weighted by molar-refractivity contribution is 0.724. The summed E-state index contributed by atoms with van der Waals surface area (Å²) in [7, 11) is 0. The quantitative estimate of drug-likeness (QED) is 0.677. The van der Waals surface area contributed by atoms with Crippen LogP contribution in [0, 0.1) is 13.8 Å². The van der Waals surface area contributed by atoms with Gasteiger partial charge in [0.25, 0.3) is 0 Å². The van der Waals surface area contributed by atoms with Crippen molar-refractivity contribution in [2.24, 2.45) is 0 Å². The zero-order valence-electron chi connectivity index (χ0n) is 9.25. The van der Waals surface area contributed by atoms with Crippen molar-refractivity contribution in [2.45, 2.75) is 39.7 Å². The van der Waals surface area contributed by atoms with Gasteiger partial charge in [-0.25, -0.2) is 4.98 Å². The molecule has 0 radical (unpaired) electrons. The molecule has 76 valence electrons. The van der Waals surface area contributed by atoms with Gasteiger partial charge in [0.15, 0.2) is 0 Å². The molecule has 0 amide bonds. The molecule has 2 heteroatoms. The van der Waals surface area contributed by atoms with Crippen LogP contribution in [0.5, 0.6) is 0 Å². The average Bonchev–Trinajstić information content (AvgIpc) is 2.57. The summed E-state index contributed by atoms with van der Waals surface area (Å²) in [6, 6.07) is 2.74. The lowest BCUT2D eigenvalue weighted by Crippen LogP contribution is -2.28. The van der Waals surface area contributed by atoms with Crippen molar-refractivity contribution in [1.82, 2.24) is 4.98 Å². The molecule has 1 unspecified atom stereocenters. The van der Waals surface area contributed by atoms with Crippen molar-refractivity contribution in [1.29, 1.82) is 0 Å². The van der Waals surface area contributed by atoms with Gasteiger partial charge < -0.3 is 4.90 Å². The number of pyridine rings is 1. The normalized spacial score (nSPS) is 21.6. The minimum Gasteiger partial charge on any atom is -0.354 e. The Morgan fingerprint density at radius 2 is 2.21 bits per heavy atom. The van der Waals surface area contributed by atoms with E-state index in [0.717, 1.165) is 0 Å². The van der Waals surface area contributed by atoms with Crippen LogP contribution in [0.2, 0.25) is 0 Å². The molecule has 1 atom stereocenters. The molecule has 2 rings (SSSR count). The first kappa shape index (κ1) is 9.50. The molecule has 0 saturated carbocycles. The average molecular weight is 190 g/mol. The Morgan fingerprint density at radius 3 is 2.86 bits per heavy atom. The lowest BCUT2D eigenvalue weighted by atomic mass is 10.1. The number of rotatable bonds is 1. The highest BCUT2D eigenvalue weighted by Gasteiger charge is 2.22. The molecule has 0 spiro atoms. The van der Waals surface area contributed by atoms with E-state index in [2.05, 4.69) is 36.7 Å². The second-order valence-electron chi connectivity index (χ2n) is 4.26. The number of aryl methyl sites for hydroxylation is 1. The second-order valence-corrected chi connectivity index (χ2v) is 4.26. The summed E-state index contributed by atoms with van der Waals surface area (Å²) in [5, 5.41) is 0. The van der Waals surface area contributed by atoms with E-state index >= 15 is 0 Å². The first-order chi connectivity index (χ1) is 6.70. The summed E-state index contributed by atoms with van der Waals surface area (Å²) in [6.07, 6.45) is 4.52. The standard InChI is InChI=1S/C12H18N2/c1-9-6-7-13-12(11(9)3)14-8-4-5-10(14)2/h6-7,10H,4-5,8H2,1-3H3. The first-order valence-electron chi connectivity index (χ1n) is 5.39. The summed E-state index contributed by atoms with van der Waals surface area (Å²) in [5.74, 6) is 1.19. The molecule has 0 bridgehead atoms. The summed E-state index contributed by atoms with van der Waals surface area (Å²) >= 11 is 0. The Balaban J connectivity index is 2.36. The van der Waals surface area contributed by atoms with Crippen LogP contribution in [-0.4, -0.2) is 17.6 Å². The van der Waals surface area contributed by atoms with E-state index in [4.69, 9.17) is 0 Å². The van der Waals surface area contributed by atoms with Gasteiger partial charge in [-0.2, -0.15) is 0 Å². The number of hydrogen-bond donors (Lipinski definition) is 0. The highest BCUT2D eigenvalue weighted by atomic mass is 15.2. The Hall–Kier alpha value is -1.05. The van der Waals surface area contributed by atoms with E-state index < -0.39 is 0 Å². The van der Waals surface area contributed by atoms with E-state index in [1.165, 1.54) is 36.3 Å². The molecule has 2 nitrogen and oxygen atoms in total. The van der Waals surface area contributed by atoms with E-state index in [9.17, 15) is 0 Å². The predicted octanol–water partition coefficient (Wildman–Crippen LogP) is 2.69. The largest absolute Gasteiger partial charge is 0.354 e. The molecule has 1 aliphatic heterocycles. The van der Waals surface area contributed by atoms with Crippen LogP contribution in [-0.2, 0) is 0 Å². The third-order valence-corrected chi connectivity index (χ3v) is 3.27. The molecule has 1 aliphatic rings. The SMILES string of the molecule is Cc1ccnc(N2CCCC2C)c1C. The van der Waals surface area contributed by atoms with Crippen LogP contribution >= 0.6 is 0 Å². The van der Waals surface area contributed by atoms with Crippen molar-refractivity contribution >= 4 is 5.82 Å². The first-order valence-corrected chi connectivity index (χ1v) is 5.39. The van der Waals surface area contributed by atoms with Crippen LogP contribution in [0.4, 0.5) is 5.82 Å². The van der Waals surface area contributed by atoms with Gasteiger partial charge >= 0.3 is 0 Å². The molecule has 1 aromatic heterocycles. The molecule has 14 heavy (non-hydrogen) atoms. The highest BCUT2D eigenvalue weighted by molar-refractivity contribution is 5.50. The smallest absolute Gasteiger partial charge is 0.131 e. The molecule has 0 N–H and O–H groups in total. The lowest BCUT2D eigenvalue weighted by Gasteiger charge is -2.24. The van der Waals surface area contributed by atoms with E-state index in [-0.39, 0.29) is 0 Å². The van der Waals surface area contributed by atoms with Crippen molar-refractivity contribution < 1.29 is 0 Å². The zero-order valence-corrected chi connectivity index (χ0v) is 9.25. The topological polar surface area (TPSA) is 16.1 Å². The van der Waals surface area contributed by atoms with Crippen molar-refractivity contribution in [2.75, 3.05) is 11.4 Å². The predicted molar refractivity (Wildman–Crippen MR) is 59.8 cm³/mol. The van der Waals surface area contributed by atoms with Crippen LogP contribution in [0.1, 0.15) is 30.9 Å². The Labute approximate surface area is 86.0 Å². The van der Waals surface area contributed by atoms with Gasteiger partial charge in [0.1, 0.15) is 5.82 Å². The van der Waals surface area contributed by atoms with E-state index in [1.54, 1.807) is 0 Å². The summed E-state index contributed by atoms with van der Waals surface area (Å²) in [4.78, 5) is 6.93. The van der Waals surface area contributed by atoms with E-state index in [0.29, 0.717) is 6.04 Å². The Bertz CT molecular complexity index is 333. The van der Waals surface area contributed by atoms with Gasteiger partial charge in [-0.1, -0.05) is 0 Å². The van der Waals surface area contributed by atoms with Gasteiger partial charge in [-0.05, 0) is 50.8 Å². The van der Waals surface area contributed by atoms with Crippen molar-refractivity contribution in [3.05, 3.63) is 23.4 Å². The summed E-state index contributed by atoms with van der Waals surface area (Å²) in [6.45, 7) is 7.78. The monoisotopic (exact) mass is 190 g/mol. The van der Waals surface area contributed by atoms with Crippen molar-refractivity contribution in [3.63, 3.8) is 0 Å². The molecular weight excluding hydrogens is 172 g/mol. The third kappa shape index (κ3) is 1.49. The maximum absolute atomic E-state index is 4.50. The van der Waals surface area contributed by atoms with Gasteiger partial charge in [-0.15, -0.1) is 0 Å². The van der Waals surface area contributed by atoms with Crippen molar-refractivity contribution in [3.8, 4) is 0 Å². The molecule has 1 saturated heterocycles. The fraction of sp³-hybridized carbons (Fsp3) is 0.583. The summed E-state index contributed by atoms with van der Waals surface area (Å²) < 4.78 is 0. The maximum Gasteiger partial charge on any atom is 0.131 e. The van der Waals surface area contributed by atoms with Gasteiger partial charge in [-0.3, -0.25) is 0 Å². The van der Waals surface area contributed by atoms with Crippen LogP contribution in [0.15, 0.2) is 12.3 Å². The Kier molecular flexibility index (Phi) is 2.44. The zero-order chi connectivity index (χ0) is 10.1. The maximum atomic E-state index is 4.50. The second kappa shape index (κ2) is 3.60. The minimum absolute atomic E-state index is 0.656. The van der Waals surface area contributed by atoms with Gasteiger partial charge in [0.05, 0.1) is 0 Å². The van der Waals surface area contributed by atoms with Crippen LogP contribution in [0.3, 0.4) is 0 Å². The molecule has 2 heterocycles. The molecule has 0 aliphatic carbocycles. The van der Waals surface area contributed by atoms with Gasteiger partial charge in [0, 0.05) is 18.8 Å². The van der Waals surface area contributed by atoms with Crippen LogP contribution < -0.4 is 4.90 Å². The number of aromatic nitrogens is 1. The summed E-state index contributed by atoms with van der Waals surface area (Å²) in [5.41, 5.74) is 2.68. The van der Waals surface area contributed by atoms with Gasteiger partial charge in [0.2, 0.25) is 0 Å². The molecule has 0 aromatic carbocycles. The third-order valence-electron chi connectivity index (χ3n) is 3.27. The molecule has 1 aromatic rings. The highest BCUT2D eigenvalue weighted by Crippen LogP contribution is 2.27. The van der Waals surface area contributed by atoms with Crippen LogP contribution in [0.25, 0.3) is 0 Å². The molecular formula is C12H18N2. The fourth-order valence-corrected chi connectivity index (χ4v) is 2.16. The number of anilines is 1.